The van der Waals surface area contributed by atoms with Crippen LogP contribution < -0.4 is 26.8 Å². The first-order valence-corrected chi connectivity index (χ1v) is 9.96. The molecule has 0 aliphatic carbocycles. The van der Waals surface area contributed by atoms with Crippen LogP contribution in [0.15, 0.2) is 69.2 Å². The minimum absolute atomic E-state index is 0.0515. The van der Waals surface area contributed by atoms with Gasteiger partial charge in [0.1, 0.15) is 5.82 Å². The Morgan fingerprint density at radius 1 is 0.935 bits per heavy atom. The Hall–Kier alpha value is -4.26. The van der Waals surface area contributed by atoms with Crippen molar-refractivity contribution in [3.05, 3.63) is 92.5 Å². The highest BCUT2D eigenvalue weighted by atomic mass is 32.2. The summed E-state index contributed by atoms with van der Waals surface area (Å²) in [6.45, 7) is 0. The maximum atomic E-state index is 13.6. The second-order valence-corrected chi connectivity index (χ2v) is 7.66. The van der Waals surface area contributed by atoms with Crippen molar-refractivity contribution in [1.82, 2.24) is 20.8 Å². The van der Waals surface area contributed by atoms with Crippen LogP contribution in [0.4, 0.5) is 10.1 Å². The zero-order valence-electron chi connectivity index (χ0n) is 15.4. The van der Waals surface area contributed by atoms with Crippen LogP contribution in [0.25, 0.3) is 0 Å². The number of halogens is 1. The number of hydrogen-bond donors (Lipinski definition) is 5. The van der Waals surface area contributed by atoms with Crippen LogP contribution in [0, 0.1) is 5.82 Å². The Morgan fingerprint density at radius 2 is 1.65 bits per heavy atom. The van der Waals surface area contributed by atoms with Gasteiger partial charge in [-0.2, -0.15) is 0 Å². The molecule has 0 aliphatic rings. The molecule has 11 nitrogen and oxygen atoms in total. The highest BCUT2D eigenvalue weighted by Crippen LogP contribution is 2.15. The number of aromatic amines is 2. The predicted octanol–water partition coefficient (Wildman–Crippen LogP) is 0.0779. The number of anilines is 1. The molecule has 0 unspecified atom stereocenters. The first-order chi connectivity index (χ1) is 14.7. The van der Waals surface area contributed by atoms with Gasteiger partial charge in [-0.15, -0.1) is 0 Å². The summed E-state index contributed by atoms with van der Waals surface area (Å²) in [5.41, 5.74) is 1.73. The van der Waals surface area contributed by atoms with Gasteiger partial charge in [-0.1, -0.05) is 18.2 Å². The van der Waals surface area contributed by atoms with Gasteiger partial charge in [0.2, 0.25) is 0 Å². The summed E-state index contributed by atoms with van der Waals surface area (Å²) in [6, 6.07) is 10.3. The second-order valence-electron chi connectivity index (χ2n) is 6.01. The zero-order valence-corrected chi connectivity index (χ0v) is 16.2. The molecule has 3 aromatic rings. The molecule has 0 saturated carbocycles. The van der Waals surface area contributed by atoms with Crippen molar-refractivity contribution >= 4 is 27.5 Å². The van der Waals surface area contributed by atoms with Gasteiger partial charge in [0.05, 0.1) is 5.56 Å². The minimum atomic E-state index is -4.38. The van der Waals surface area contributed by atoms with Gasteiger partial charge < -0.3 is 4.98 Å². The summed E-state index contributed by atoms with van der Waals surface area (Å²) in [5.74, 6) is -2.48. The Kier molecular flexibility index (Phi) is 5.97. The highest BCUT2D eigenvalue weighted by molar-refractivity contribution is 7.92. The zero-order chi connectivity index (χ0) is 22.6. The lowest BCUT2D eigenvalue weighted by Gasteiger charge is -2.10. The van der Waals surface area contributed by atoms with Crippen molar-refractivity contribution in [2.75, 3.05) is 4.72 Å². The van der Waals surface area contributed by atoms with Crippen LogP contribution in [-0.4, -0.2) is 30.2 Å². The molecule has 13 heteroatoms. The summed E-state index contributed by atoms with van der Waals surface area (Å²) in [6.07, 6.45) is 0.734. The molecule has 160 valence electrons. The van der Waals surface area contributed by atoms with Crippen molar-refractivity contribution in [1.29, 1.82) is 0 Å². The molecule has 0 spiro atoms. The van der Waals surface area contributed by atoms with E-state index in [0.717, 1.165) is 18.3 Å². The molecule has 5 N–H and O–H groups in total. The molecule has 0 fully saturated rings. The van der Waals surface area contributed by atoms with E-state index in [4.69, 9.17) is 0 Å². The normalized spacial score (nSPS) is 10.9. The maximum Gasteiger partial charge on any atom is 0.325 e. The number of sulfonamides is 1. The largest absolute Gasteiger partial charge is 0.325 e. The fourth-order valence-corrected chi connectivity index (χ4v) is 3.49. The molecule has 3 rings (SSSR count). The molecule has 2 aromatic carbocycles. The van der Waals surface area contributed by atoms with Gasteiger partial charge in [-0.05, 0) is 30.3 Å². The van der Waals surface area contributed by atoms with E-state index in [0.29, 0.717) is 0 Å². The van der Waals surface area contributed by atoms with E-state index in [9.17, 15) is 32.0 Å². The molecule has 1 aromatic heterocycles. The highest BCUT2D eigenvalue weighted by Gasteiger charge is 2.20. The standard InChI is InChI=1S/C18H14FN5O6S/c19-13-7-2-1-6-12(13)16(26)23-22-15(25)10-4-3-5-11(8-10)24-31(29,30)14-9-20-18(28)21-17(14)27/h1-9,24H,(H,22,25)(H,23,26)(H2,20,21,27,28). The molecule has 0 saturated heterocycles. The van der Waals surface area contributed by atoms with Crippen LogP contribution in [-0.2, 0) is 10.0 Å². The molecule has 31 heavy (non-hydrogen) atoms. The van der Waals surface area contributed by atoms with Crippen LogP contribution in [0.3, 0.4) is 0 Å². The Balaban J connectivity index is 1.73. The van der Waals surface area contributed by atoms with Gasteiger partial charge in [-0.3, -0.25) is 34.9 Å². The Morgan fingerprint density at radius 3 is 2.35 bits per heavy atom. The van der Waals surface area contributed by atoms with Crippen LogP contribution in [0.1, 0.15) is 20.7 Å². The molecule has 0 aliphatic heterocycles. The number of rotatable bonds is 5. The number of H-pyrrole nitrogens is 2. The number of amides is 2. The van der Waals surface area contributed by atoms with Gasteiger partial charge in [0.15, 0.2) is 4.90 Å². The van der Waals surface area contributed by atoms with Crippen LogP contribution in [0.5, 0.6) is 0 Å². The lowest BCUT2D eigenvalue weighted by Crippen LogP contribution is -2.42. The number of nitrogens with one attached hydrogen (secondary N) is 5. The number of carbonyl (C=O) groups excluding carboxylic acids is 2. The van der Waals surface area contributed by atoms with Crippen molar-refractivity contribution in [2.24, 2.45) is 0 Å². The van der Waals surface area contributed by atoms with E-state index in [1.807, 2.05) is 10.4 Å². The molecular formula is C18H14FN5O6S. The molecular weight excluding hydrogens is 433 g/mol. The molecule has 0 atom stereocenters. The monoisotopic (exact) mass is 447 g/mol. The van der Waals surface area contributed by atoms with Gasteiger partial charge in [0, 0.05) is 17.4 Å². The smallest absolute Gasteiger partial charge is 0.313 e. The fourth-order valence-electron chi connectivity index (χ4n) is 2.43. The summed E-state index contributed by atoms with van der Waals surface area (Å²) in [5, 5.41) is 0. The summed E-state index contributed by atoms with van der Waals surface area (Å²) in [7, 11) is -4.38. The lowest BCUT2D eigenvalue weighted by molar-refractivity contribution is 0.0844. The van der Waals surface area contributed by atoms with Crippen LogP contribution >= 0.6 is 0 Å². The van der Waals surface area contributed by atoms with E-state index < -0.39 is 43.8 Å². The number of hydrogen-bond acceptors (Lipinski definition) is 6. The van der Waals surface area contributed by atoms with Crippen molar-refractivity contribution in [2.45, 2.75) is 4.90 Å². The average Bonchev–Trinajstić information content (AvgIpc) is 2.71. The minimum Gasteiger partial charge on any atom is -0.313 e. The first kappa shape index (κ1) is 21.4. The summed E-state index contributed by atoms with van der Waals surface area (Å²) < 4.78 is 40.5. The molecule has 2 amide bonds. The van der Waals surface area contributed by atoms with Crippen molar-refractivity contribution in [3.8, 4) is 0 Å². The lowest BCUT2D eigenvalue weighted by atomic mass is 10.2. The van der Waals surface area contributed by atoms with E-state index in [1.165, 1.54) is 36.4 Å². The summed E-state index contributed by atoms with van der Waals surface area (Å²) >= 11 is 0. The summed E-state index contributed by atoms with van der Waals surface area (Å²) in [4.78, 5) is 50.1. The number of hydrazine groups is 1. The van der Waals surface area contributed by atoms with Gasteiger partial charge >= 0.3 is 5.69 Å². The van der Waals surface area contributed by atoms with Crippen molar-refractivity contribution < 1.29 is 22.4 Å². The van der Waals surface area contributed by atoms with E-state index in [-0.39, 0.29) is 16.8 Å². The fraction of sp³-hybridized carbons (Fsp3) is 0. The van der Waals surface area contributed by atoms with Crippen LogP contribution in [0.2, 0.25) is 0 Å². The third kappa shape index (κ3) is 5.02. The number of carbonyl (C=O) groups is 2. The number of aromatic nitrogens is 2. The third-order valence-corrected chi connectivity index (χ3v) is 5.25. The average molecular weight is 447 g/mol. The van der Waals surface area contributed by atoms with E-state index in [1.54, 1.807) is 4.98 Å². The second kappa shape index (κ2) is 8.62. The van der Waals surface area contributed by atoms with Gasteiger partial charge in [0.25, 0.3) is 27.4 Å². The van der Waals surface area contributed by atoms with Gasteiger partial charge in [-0.25, -0.2) is 17.6 Å². The third-order valence-electron chi connectivity index (χ3n) is 3.86. The maximum absolute atomic E-state index is 13.6. The Bertz CT molecular complexity index is 1380. The predicted molar refractivity (Wildman–Crippen MR) is 106 cm³/mol. The molecule has 0 bridgehead atoms. The van der Waals surface area contributed by atoms with E-state index >= 15 is 0 Å². The van der Waals surface area contributed by atoms with E-state index in [2.05, 4.69) is 10.1 Å². The quantitative estimate of drug-likeness (QED) is 0.347. The molecule has 0 radical (unpaired) electrons. The van der Waals surface area contributed by atoms with Crippen molar-refractivity contribution in [3.63, 3.8) is 0 Å². The number of benzene rings is 2. The first-order valence-electron chi connectivity index (χ1n) is 8.47. The molecule has 1 heterocycles. The SMILES string of the molecule is O=C(NNC(=O)c1ccccc1F)c1cccc(NS(=O)(=O)c2c[nH]c(=O)[nH]c2=O)c1. The topological polar surface area (TPSA) is 170 Å². The Labute approximate surface area is 173 Å².